The van der Waals surface area contributed by atoms with E-state index in [1.165, 1.54) is 7.11 Å². The number of rotatable bonds is 3. The summed E-state index contributed by atoms with van der Waals surface area (Å²) < 4.78 is 10.7. The lowest BCUT2D eigenvalue weighted by Crippen LogP contribution is -2.25. The van der Waals surface area contributed by atoms with Crippen molar-refractivity contribution in [3.8, 4) is 11.8 Å². The van der Waals surface area contributed by atoms with Crippen molar-refractivity contribution in [3.05, 3.63) is 35.4 Å². The summed E-state index contributed by atoms with van der Waals surface area (Å²) in [5, 5.41) is 0. The van der Waals surface area contributed by atoms with Gasteiger partial charge in [-0.25, -0.2) is 4.79 Å². The number of carbonyl (C=O) groups is 1. The van der Waals surface area contributed by atoms with E-state index in [9.17, 15) is 4.79 Å². The van der Waals surface area contributed by atoms with Gasteiger partial charge in [0.1, 0.15) is 0 Å². The Kier molecular flexibility index (Phi) is 6.19. The molecule has 21 heavy (non-hydrogen) atoms. The molecular formula is C17H24O3Si. The Morgan fingerprint density at radius 3 is 2.19 bits per heavy atom. The van der Waals surface area contributed by atoms with Crippen LogP contribution in [0.5, 0.6) is 0 Å². The Balaban J connectivity index is 2.97. The molecule has 114 valence electrons. The number of hydrogen-bond acceptors (Lipinski definition) is 3. The third kappa shape index (κ3) is 5.74. The molecule has 0 aliphatic carbocycles. The maximum absolute atomic E-state index is 11.0. The summed E-state index contributed by atoms with van der Waals surface area (Å²) in [6.07, 6.45) is 0.0757. The largest absolute Gasteiger partial charge is 0.459 e. The highest BCUT2D eigenvalue weighted by Crippen LogP contribution is 2.36. The lowest BCUT2D eigenvalue weighted by Gasteiger charge is -2.33. The second-order valence-corrected chi connectivity index (χ2v) is 8.66. The summed E-state index contributed by atoms with van der Waals surface area (Å²) in [6, 6.07) is 7.87. The van der Waals surface area contributed by atoms with Crippen molar-refractivity contribution in [2.45, 2.75) is 40.0 Å². The zero-order valence-electron chi connectivity index (χ0n) is 13.7. The van der Waals surface area contributed by atoms with Crippen molar-refractivity contribution >= 4 is 15.0 Å². The monoisotopic (exact) mass is 304 g/mol. The number of esters is 1. The van der Waals surface area contributed by atoms with Crippen LogP contribution in [0.15, 0.2) is 24.3 Å². The van der Waals surface area contributed by atoms with E-state index in [2.05, 4.69) is 50.4 Å². The maximum atomic E-state index is 11.0. The topological polar surface area (TPSA) is 35.5 Å². The highest BCUT2D eigenvalue weighted by atomic mass is 28.3. The second-order valence-electron chi connectivity index (χ2n) is 6.29. The fourth-order valence-corrected chi connectivity index (χ4v) is 3.08. The molecule has 0 aliphatic rings. The Morgan fingerprint density at radius 2 is 1.76 bits per heavy atom. The van der Waals surface area contributed by atoms with Gasteiger partial charge in [-0.05, 0) is 36.2 Å². The van der Waals surface area contributed by atoms with Crippen LogP contribution < -0.4 is 0 Å². The summed E-state index contributed by atoms with van der Waals surface area (Å²) in [4.78, 5) is 11.0. The van der Waals surface area contributed by atoms with Gasteiger partial charge in [0.15, 0.2) is 9.04 Å². The van der Waals surface area contributed by atoms with Crippen LogP contribution in [0, 0.1) is 17.3 Å². The summed E-state index contributed by atoms with van der Waals surface area (Å²) in [6.45, 7) is 10.9. The first-order valence-corrected chi connectivity index (χ1v) is 9.87. The second kappa shape index (κ2) is 7.44. The van der Waals surface area contributed by atoms with Crippen molar-refractivity contribution in [2.75, 3.05) is 7.11 Å². The van der Waals surface area contributed by atoms with E-state index in [1.807, 2.05) is 24.3 Å². The molecule has 1 unspecified atom stereocenters. The van der Waals surface area contributed by atoms with E-state index in [1.54, 1.807) is 0 Å². The summed E-state index contributed by atoms with van der Waals surface area (Å²) in [7, 11) is 0.190. The standard InChI is InChI=1S/C17H24O3Si/c1-17(2,3)16(20-21(5)6)14-10-7-13(8-11-14)9-12-15(18)19-4/h7-8,10-11,16,21H,1-6H3. The van der Waals surface area contributed by atoms with Gasteiger partial charge in [0, 0.05) is 11.5 Å². The number of methoxy groups -OCH3 is 1. The Labute approximate surface area is 129 Å². The van der Waals surface area contributed by atoms with Crippen LogP contribution in [0.4, 0.5) is 0 Å². The molecule has 1 aromatic carbocycles. The molecule has 0 spiro atoms. The van der Waals surface area contributed by atoms with Gasteiger partial charge in [0.2, 0.25) is 0 Å². The third-order valence-electron chi connectivity index (χ3n) is 2.90. The van der Waals surface area contributed by atoms with E-state index < -0.39 is 15.0 Å². The molecule has 0 fully saturated rings. The predicted octanol–water partition coefficient (Wildman–Crippen LogP) is 3.30. The molecule has 0 aromatic heterocycles. The average Bonchev–Trinajstić information content (AvgIpc) is 2.41. The minimum Gasteiger partial charge on any atom is -0.459 e. The first kappa shape index (κ1) is 17.5. The molecule has 0 N–H and O–H groups in total. The first-order valence-electron chi connectivity index (χ1n) is 7.09. The van der Waals surface area contributed by atoms with Crippen LogP contribution in [0.3, 0.4) is 0 Å². The van der Waals surface area contributed by atoms with Gasteiger partial charge in [-0.1, -0.05) is 38.8 Å². The van der Waals surface area contributed by atoms with Crippen LogP contribution in [-0.4, -0.2) is 22.1 Å². The molecule has 0 saturated carbocycles. The normalized spacial score (nSPS) is 12.5. The molecule has 4 heteroatoms. The van der Waals surface area contributed by atoms with Crippen molar-refractivity contribution in [1.82, 2.24) is 0 Å². The lowest BCUT2D eigenvalue weighted by molar-refractivity contribution is -0.133. The first-order chi connectivity index (χ1) is 9.74. The summed E-state index contributed by atoms with van der Waals surface area (Å²) in [5.74, 6) is 4.68. The van der Waals surface area contributed by atoms with Crippen molar-refractivity contribution in [3.63, 3.8) is 0 Å². The van der Waals surface area contributed by atoms with Gasteiger partial charge < -0.3 is 9.16 Å². The van der Waals surface area contributed by atoms with Gasteiger partial charge in [-0.2, -0.15) is 0 Å². The van der Waals surface area contributed by atoms with E-state index in [4.69, 9.17) is 4.43 Å². The highest BCUT2D eigenvalue weighted by molar-refractivity contribution is 6.48. The van der Waals surface area contributed by atoms with Gasteiger partial charge in [-0.15, -0.1) is 0 Å². The minimum absolute atomic E-state index is 0.0382. The summed E-state index contributed by atoms with van der Waals surface area (Å²) >= 11 is 0. The van der Waals surface area contributed by atoms with Crippen LogP contribution >= 0.6 is 0 Å². The molecule has 0 radical (unpaired) electrons. The molecule has 1 rings (SSSR count). The van der Waals surface area contributed by atoms with E-state index in [-0.39, 0.29) is 11.5 Å². The smallest absolute Gasteiger partial charge is 0.384 e. The molecule has 0 aliphatic heterocycles. The Bertz CT molecular complexity index is 530. The quantitative estimate of drug-likeness (QED) is 0.488. The molecule has 1 aromatic rings. The molecule has 0 heterocycles. The van der Waals surface area contributed by atoms with E-state index in [0.29, 0.717) is 0 Å². The maximum Gasteiger partial charge on any atom is 0.384 e. The van der Waals surface area contributed by atoms with Crippen molar-refractivity contribution in [2.24, 2.45) is 5.41 Å². The van der Waals surface area contributed by atoms with Crippen molar-refractivity contribution < 1.29 is 14.0 Å². The number of ether oxygens (including phenoxy) is 1. The fourth-order valence-electron chi connectivity index (χ4n) is 1.97. The average molecular weight is 304 g/mol. The zero-order chi connectivity index (χ0) is 16.0. The van der Waals surface area contributed by atoms with Crippen LogP contribution in [-0.2, 0) is 14.0 Å². The molecule has 3 nitrogen and oxygen atoms in total. The molecule has 0 bridgehead atoms. The van der Waals surface area contributed by atoms with E-state index >= 15 is 0 Å². The highest BCUT2D eigenvalue weighted by Gasteiger charge is 2.27. The summed E-state index contributed by atoms with van der Waals surface area (Å²) in [5.41, 5.74) is 1.97. The SMILES string of the molecule is COC(=O)C#Cc1ccc(C(O[SiH](C)C)C(C)(C)C)cc1. The van der Waals surface area contributed by atoms with Gasteiger partial charge in [-0.3, -0.25) is 0 Å². The lowest BCUT2D eigenvalue weighted by atomic mass is 9.84. The third-order valence-corrected chi connectivity index (χ3v) is 3.72. The Morgan fingerprint density at radius 1 is 1.19 bits per heavy atom. The van der Waals surface area contributed by atoms with Gasteiger partial charge in [0.25, 0.3) is 0 Å². The Hall–Kier alpha value is -1.57. The van der Waals surface area contributed by atoms with Gasteiger partial charge in [0.05, 0.1) is 13.2 Å². The van der Waals surface area contributed by atoms with Crippen molar-refractivity contribution in [1.29, 1.82) is 0 Å². The van der Waals surface area contributed by atoms with Crippen LogP contribution in [0.25, 0.3) is 0 Å². The fraction of sp³-hybridized carbons (Fsp3) is 0.471. The van der Waals surface area contributed by atoms with E-state index in [0.717, 1.165) is 11.1 Å². The molecule has 1 atom stereocenters. The number of carbonyl (C=O) groups excluding carboxylic acids is 1. The number of hydrogen-bond donors (Lipinski definition) is 0. The minimum atomic E-state index is -1.13. The van der Waals surface area contributed by atoms with Crippen LogP contribution in [0.2, 0.25) is 13.1 Å². The molecule has 0 saturated heterocycles. The number of benzene rings is 1. The van der Waals surface area contributed by atoms with Crippen LogP contribution in [0.1, 0.15) is 38.0 Å². The predicted molar refractivity (Wildman–Crippen MR) is 87.5 cm³/mol. The zero-order valence-corrected chi connectivity index (χ0v) is 14.8. The van der Waals surface area contributed by atoms with Gasteiger partial charge >= 0.3 is 5.97 Å². The molecular weight excluding hydrogens is 280 g/mol. The molecule has 0 amide bonds.